The van der Waals surface area contributed by atoms with Crippen LogP contribution in [0.15, 0.2) is 18.2 Å². The van der Waals surface area contributed by atoms with Crippen LogP contribution in [0, 0.1) is 15.9 Å². The van der Waals surface area contributed by atoms with Crippen molar-refractivity contribution < 1.29 is 9.31 Å². The molecule has 2 rings (SSSR count). The van der Waals surface area contributed by atoms with Gasteiger partial charge in [-0.25, -0.2) is 4.39 Å². The van der Waals surface area contributed by atoms with Gasteiger partial charge in [-0.1, -0.05) is 13.3 Å². The Hall–Kier alpha value is -2.44. The minimum absolute atomic E-state index is 0.299. The summed E-state index contributed by atoms with van der Waals surface area (Å²) in [4.78, 5) is 10.2. The predicted molar refractivity (Wildman–Crippen MR) is 73.7 cm³/mol. The van der Waals surface area contributed by atoms with Gasteiger partial charge < -0.3 is 5.73 Å². The summed E-state index contributed by atoms with van der Waals surface area (Å²) in [5.74, 6) is -0.172. The minimum atomic E-state index is -0.666. The first-order chi connectivity index (χ1) is 9.43. The van der Waals surface area contributed by atoms with Gasteiger partial charge in [-0.15, -0.1) is 0 Å². The summed E-state index contributed by atoms with van der Waals surface area (Å²) in [5.41, 5.74) is 7.29. The van der Waals surface area contributed by atoms with E-state index >= 15 is 0 Å². The van der Waals surface area contributed by atoms with Gasteiger partial charge in [-0.2, -0.15) is 5.10 Å². The molecule has 1 heterocycles. The SMILES string of the molecule is CCCc1c(-c2cc(F)cc([N+](=O)[O-])c2)nn(C)c1N. The quantitative estimate of drug-likeness (QED) is 0.688. The molecular weight excluding hydrogens is 263 g/mol. The molecule has 0 atom stereocenters. The molecule has 1 aromatic carbocycles. The van der Waals surface area contributed by atoms with E-state index < -0.39 is 10.7 Å². The Balaban J connectivity index is 2.62. The number of hydrogen-bond acceptors (Lipinski definition) is 4. The second-order valence-electron chi connectivity index (χ2n) is 4.54. The van der Waals surface area contributed by atoms with Gasteiger partial charge >= 0.3 is 0 Å². The van der Waals surface area contributed by atoms with Crippen LogP contribution < -0.4 is 5.73 Å². The van der Waals surface area contributed by atoms with Crippen molar-refractivity contribution >= 4 is 11.5 Å². The number of hydrogen-bond donors (Lipinski definition) is 1. The summed E-state index contributed by atoms with van der Waals surface area (Å²) in [6.45, 7) is 1.99. The number of aryl methyl sites for hydroxylation is 1. The van der Waals surface area contributed by atoms with E-state index in [1.54, 1.807) is 7.05 Å². The summed E-state index contributed by atoms with van der Waals surface area (Å²) < 4.78 is 15.0. The highest BCUT2D eigenvalue weighted by molar-refractivity contribution is 5.70. The lowest BCUT2D eigenvalue weighted by Crippen LogP contribution is -1.99. The minimum Gasteiger partial charge on any atom is -0.384 e. The molecule has 0 amide bonds. The smallest absolute Gasteiger partial charge is 0.273 e. The Labute approximate surface area is 115 Å². The van der Waals surface area contributed by atoms with Gasteiger partial charge in [0.05, 0.1) is 16.7 Å². The first kappa shape index (κ1) is 14.0. The third-order valence-electron chi connectivity index (χ3n) is 3.06. The van der Waals surface area contributed by atoms with Crippen molar-refractivity contribution in [3.63, 3.8) is 0 Å². The molecule has 0 aliphatic rings. The number of halogens is 1. The maximum absolute atomic E-state index is 13.5. The lowest BCUT2D eigenvalue weighted by atomic mass is 10.0. The van der Waals surface area contributed by atoms with Crippen LogP contribution in [0.2, 0.25) is 0 Å². The van der Waals surface area contributed by atoms with Gasteiger partial charge in [0.15, 0.2) is 0 Å². The van der Waals surface area contributed by atoms with Crippen molar-refractivity contribution in [2.75, 3.05) is 5.73 Å². The molecule has 1 aromatic heterocycles. The van der Waals surface area contributed by atoms with Crippen molar-refractivity contribution in [3.8, 4) is 11.3 Å². The highest BCUT2D eigenvalue weighted by atomic mass is 19.1. The average molecular weight is 278 g/mol. The number of aromatic nitrogens is 2. The zero-order valence-electron chi connectivity index (χ0n) is 11.3. The first-order valence-electron chi connectivity index (χ1n) is 6.20. The predicted octanol–water partition coefficient (Wildman–Crippen LogP) is 2.67. The Kier molecular flexibility index (Phi) is 3.69. The molecule has 6 nitrogen and oxygen atoms in total. The molecule has 0 saturated carbocycles. The second-order valence-corrected chi connectivity index (χ2v) is 4.54. The Bertz CT molecular complexity index is 667. The van der Waals surface area contributed by atoms with E-state index in [0.717, 1.165) is 18.1 Å². The highest BCUT2D eigenvalue weighted by Crippen LogP contribution is 2.30. The molecule has 0 saturated heterocycles. The monoisotopic (exact) mass is 278 g/mol. The second kappa shape index (κ2) is 5.28. The van der Waals surface area contributed by atoms with Crippen LogP contribution >= 0.6 is 0 Å². The Morgan fingerprint density at radius 2 is 2.15 bits per heavy atom. The molecule has 0 spiro atoms. The van der Waals surface area contributed by atoms with Crippen molar-refractivity contribution in [3.05, 3.63) is 39.7 Å². The molecule has 7 heteroatoms. The van der Waals surface area contributed by atoms with Crippen molar-refractivity contribution in [1.29, 1.82) is 0 Å². The molecule has 0 bridgehead atoms. The lowest BCUT2D eigenvalue weighted by Gasteiger charge is -2.03. The summed E-state index contributed by atoms with van der Waals surface area (Å²) in [6.07, 6.45) is 1.53. The molecule has 0 aliphatic heterocycles. The van der Waals surface area contributed by atoms with Crippen molar-refractivity contribution in [1.82, 2.24) is 9.78 Å². The number of nitrogens with two attached hydrogens (primary N) is 1. The number of benzene rings is 1. The fourth-order valence-electron chi connectivity index (χ4n) is 2.13. The maximum atomic E-state index is 13.5. The third-order valence-corrected chi connectivity index (χ3v) is 3.06. The van der Waals surface area contributed by atoms with Gasteiger partial charge in [0, 0.05) is 24.2 Å². The van der Waals surface area contributed by atoms with Crippen LogP contribution in [0.5, 0.6) is 0 Å². The zero-order chi connectivity index (χ0) is 14.9. The average Bonchev–Trinajstić information content (AvgIpc) is 2.67. The van der Waals surface area contributed by atoms with E-state index in [4.69, 9.17) is 5.73 Å². The number of anilines is 1. The summed E-state index contributed by atoms with van der Waals surface area (Å²) in [6, 6.07) is 3.42. The first-order valence-corrected chi connectivity index (χ1v) is 6.20. The standard InChI is InChI=1S/C13H15FN4O2/c1-3-4-11-12(16-17(2)13(11)15)8-5-9(14)7-10(6-8)18(19)20/h5-7H,3-4,15H2,1-2H3. The van der Waals surface area contributed by atoms with Gasteiger partial charge in [0.1, 0.15) is 11.6 Å². The van der Waals surface area contributed by atoms with Gasteiger partial charge in [0.2, 0.25) is 0 Å². The number of nitrogens with zero attached hydrogens (tertiary/aromatic N) is 3. The lowest BCUT2D eigenvalue weighted by molar-refractivity contribution is -0.385. The summed E-state index contributed by atoms with van der Waals surface area (Å²) in [7, 11) is 1.69. The summed E-state index contributed by atoms with van der Waals surface area (Å²) >= 11 is 0. The van der Waals surface area contributed by atoms with E-state index in [9.17, 15) is 14.5 Å². The molecule has 20 heavy (non-hydrogen) atoms. The molecule has 0 unspecified atom stereocenters. The van der Waals surface area contributed by atoms with Crippen LogP contribution in [0.1, 0.15) is 18.9 Å². The molecule has 0 fully saturated rings. The third kappa shape index (κ3) is 2.47. The van der Waals surface area contributed by atoms with E-state index in [0.29, 0.717) is 23.5 Å². The maximum Gasteiger partial charge on any atom is 0.273 e. The fraction of sp³-hybridized carbons (Fsp3) is 0.308. The van der Waals surface area contributed by atoms with Crippen LogP contribution in [0.25, 0.3) is 11.3 Å². The van der Waals surface area contributed by atoms with Crippen LogP contribution in [0.3, 0.4) is 0 Å². The van der Waals surface area contributed by atoms with Gasteiger partial charge in [-0.05, 0) is 12.5 Å². The van der Waals surface area contributed by atoms with Crippen molar-refractivity contribution in [2.45, 2.75) is 19.8 Å². The normalized spacial score (nSPS) is 10.8. The van der Waals surface area contributed by atoms with E-state index in [2.05, 4.69) is 5.10 Å². The largest absolute Gasteiger partial charge is 0.384 e. The van der Waals surface area contributed by atoms with Crippen LogP contribution in [-0.4, -0.2) is 14.7 Å². The van der Waals surface area contributed by atoms with E-state index in [1.165, 1.54) is 16.8 Å². The zero-order valence-corrected chi connectivity index (χ0v) is 11.3. The topological polar surface area (TPSA) is 87.0 Å². The number of nitrogen functional groups attached to an aromatic ring is 1. The summed E-state index contributed by atoms with van der Waals surface area (Å²) in [5, 5.41) is 15.1. The number of nitro groups is 1. The number of rotatable bonds is 4. The number of nitro benzene ring substituents is 1. The molecular formula is C13H15FN4O2. The molecule has 0 aliphatic carbocycles. The molecule has 2 N–H and O–H groups in total. The van der Waals surface area contributed by atoms with Gasteiger partial charge in [0.25, 0.3) is 5.69 Å². The fourth-order valence-corrected chi connectivity index (χ4v) is 2.13. The Morgan fingerprint density at radius 1 is 1.45 bits per heavy atom. The molecule has 2 aromatic rings. The van der Waals surface area contributed by atoms with Crippen molar-refractivity contribution in [2.24, 2.45) is 7.05 Å². The van der Waals surface area contributed by atoms with Crippen LogP contribution in [0.4, 0.5) is 15.9 Å². The Morgan fingerprint density at radius 3 is 2.75 bits per heavy atom. The van der Waals surface area contributed by atoms with Crippen LogP contribution in [-0.2, 0) is 13.5 Å². The highest BCUT2D eigenvalue weighted by Gasteiger charge is 2.18. The van der Waals surface area contributed by atoms with E-state index in [-0.39, 0.29) is 5.69 Å². The van der Waals surface area contributed by atoms with Gasteiger partial charge in [-0.3, -0.25) is 14.8 Å². The molecule has 0 radical (unpaired) electrons. The van der Waals surface area contributed by atoms with E-state index in [1.807, 2.05) is 6.92 Å². The number of non-ortho nitro benzene ring substituents is 1. The molecule has 106 valence electrons.